The van der Waals surface area contributed by atoms with Crippen molar-refractivity contribution in [2.45, 2.75) is 46.2 Å². The number of carbonyl (C=O) groups is 2. The van der Waals surface area contributed by atoms with Gasteiger partial charge in [-0.25, -0.2) is 8.42 Å². The van der Waals surface area contributed by atoms with E-state index in [2.05, 4.69) is 5.32 Å². The molecule has 0 fully saturated rings. The van der Waals surface area contributed by atoms with Crippen LogP contribution in [0.25, 0.3) is 0 Å². The Balaban J connectivity index is 2.18. The van der Waals surface area contributed by atoms with E-state index in [0.29, 0.717) is 27.8 Å². The molecule has 0 aliphatic carbocycles. The monoisotopic (exact) mass is 541 g/mol. The quantitative estimate of drug-likeness (QED) is 0.420. The Bertz CT molecular complexity index is 1110. The van der Waals surface area contributed by atoms with Crippen LogP contribution in [0.2, 0.25) is 10.0 Å². The summed E-state index contributed by atoms with van der Waals surface area (Å²) < 4.78 is 25.9. The topological polar surface area (TPSA) is 86.8 Å². The van der Waals surface area contributed by atoms with E-state index in [1.807, 2.05) is 13.8 Å². The number of carbonyl (C=O) groups excluding carboxylic acids is 2. The zero-order valence-electron chi connectivity index (χ0n) is 20.5. The van der Waals surface area contributed by atoms with E-state index < -0.39 is 16.1 Å². The van der Waals surface area contributed by atoms with Crippen LogP contribution >= 0.6 is 23.2 Å². The molecule has 0 aromatic heterocycles. The fourth-order valence-corrected chi connectivity index (χ4v) is 4.90. The van der Waals surface area contributed by atoms with Crippen LogP contribution in [0.1, 0.15) is 39.2 Å². The third-order valence-electron chi connectivity index (χ3n) is 5.40. The van der Waals surface area contributed by atoms with Gasteiger partial charge in [-0.1, -0.05) is 61.3 Å². The molecule has 1 unspecified atom stereocenters. The molecule has 0 bridgehead atoms. The molecular formula is C25H33Cl2N3O4S. The van der Waals surface area contributed by atoms with Gasteiger partial charge in [0.1, 0.15) is 6.04 Å². The van der Waals surface area contributed by atoms with Gasteiger partial charge in [-0.3, -0.25) is 13.9 Å². The van der Waals surface area contributed by atoms with Crippen LogP contribution in [0.5, 0.6) is 0 Å². The van der Waals surface area contributed by atoms with E-state index in [1.54, 1.807) is 55.5 Å². The van der Waals surface area contributed by atoms with E-state index in [0.717, 1.165) is 6.26 Å². The minimum absolute atomic E-state index is 0.0614. The van der Waals surface area contributed by atoms with Crippen molar-refractivity contribution in [3.05, 3.63) is 64.1 Å². The van der Waals surface area contributed by atoms with E-state index in [-0.39, 0.29) is 43.7 Å². The number of anilines is 1. The standard InChI is InChI=1S/C25H33Cl2N3O4S/c1-18(2)16-28-25(32)19(3)29(17-20-12-13-21(26)15-23(20)27)24(31)11-8-14-30(35(4,33)34)22-9-6-5-7-10-22/h5-7,9-10,12-13,15,18-19H,8,11,14,16-17H2,1-4H3,(H,28,32). The second-order valence-corrected chi connectivity index (χ2v) is 11.6. The normalized spacial score (nSPS) is 12.3. The van der Waals surface area contributed by atoms with Crippen LogP contribution in [0.15, 0.2) is 48.5 Å². The maximum atomic E-state index is 13.3. The lowest BCUT2D eigenvalue weighted by Crippen LogP contribution is -2.48. The predicted molar refractivity (Wildman–Crippen MR) is 142 cm³/mol. The van der Waals surface area contributed by atoms with Crippen molar-refractivity contribution in [1.29, 1.82) is 0 Å². The first-order valence-corrected chi connectivity index (χ1v) is 14.0. The summed E-state index contributed by atoms with van der Waals surface area (Å²) in [5, 5.41) is 3.74. The van der Waals surface area contributed by atoms with Crippen molar-refractivity contribution >= 4 is 50.7 Å². The van der Waals surface area contributed by atoms with Gasteiger partial charge in [0.05, 0.1) is 11.9 Å². The molecule has 1 N–H and O–H groups in total. The van der Waals surface area contributed by atoms with Gasteiger partial charge in [0.2, 0.25) is 21.8 Å². The Morgan fingerprint density at radius 2 is 1.69 bits per heavy atom. The van der Waals surface area contributed by atoms with Crippen molar-refractivity contribution < 1.29 is 18.0 Å². The SMILES string of the molecule is CC(C)CNC(=O)C(C)N(Cc1ccc(Cl)cc1Cl)C(=O)CCCN(c1ccccc1)S(C)(=O)=O. The molecule has 2 aromatic rings. The first-order valence-electron chi connectivity index (χ1n) is 11.4. The second-order valence-electron chi connectivity index (χ2n) is 8.85. The summed E-state index contributed by atoms with van der Waals surface area (Å²) in [5.41, 5.74) is 1.20. The molecule has 1 atom stereocenters. The Kier molecular flexibility index (Phi) is 10.9. The molecule has 0 saturated carbocycles. The highest BCUT2D eigenvalue weighted by atomic mass is 35.5. The van der Waals surface area contributed by atoms with Crippen LogP contribution in [-0.2, 0) is 26.2 Å². The highest BCUT2D eigenvalue weighted by Crippen LogP contribution is 2.24. The average Bonchev–Trinajstić information content (AvgIpc) is 2.79. The summed E-state index contributed by atoms with van der Waals surface area (Å²) in [4.78, 5) is 27.5. The van der Waals surface area contributed by atoms with Gasteiger partial charge in [-0.2, -0.15) is 0 Å². The molecule has 10 heteroatoms. The Hall–Kier alpha value is -2.29. The first kappa shape index (κ1) is 28.9. The lowest BCUT2D eigenvalue weighted by atomic mass is 10.1. The van der Waals surface area contributed by atoms with Crippen molar-refractivity contribution in [2.24, 2.45) is 5.92 Å². The van der Waals surface area contributed by atoms with Crippen molar-refractivity contribution in [2.75, 3.05) is 23.7 Å². The summed E-state index contributed by atoms with van der Waals surface area (Å²) in [6, 6.07) is 13.0. The number of nitrogens with zero attached hydrogens (tertiary/aromatic N) is 2. The minimum Gasteiger partial charge on any atom is -0.354 e. The molecule has 0 aliphatic rings. The van der Waals surface area contributed by atoms with E-state index in [1.165, 1.54) is 9.21 Å². The predicted octanol–water partition coefficient (Wildman–Crippen LogP) is 4.73. The zero-order valence-corrected chi connectivity index (χ0v) is 22.8. The van der Waals surface area contributed by atoms with Crippen molar-refractivity contribution in [3.8, 4) is 0 Å². The van der Waals surface area contributed by atoms with Crippen LogP contribution in [0.4, 0.5) is 5.69 Å². The smallest absolute Gasteiger partial charge is 0.242 e. The number of halogens is 2. The first-order chi connectivity index (χ1) is 16.4. The van der Waals surface area contributed by atoms with Crippen molar-refractivity contribution in [3.63, 3.8) is 0 Å². The minimum atomic E-state index is -3.53. The molecule has 2 aromatic carbocycles. The summed E-state index contributed by atoms with van der Waals surface area (Å²) in [6.45, 7) is 6.40. The highest BCUT2D eigenvalue weighted by molar-refractivity contribution is 7.92. The summed E-state index contributed by atoms with van der Waals surface area (Å²) >= 11 is 12.3. The van der Waals surface area contributed by atoms with Gasteiger partial charge in [0.15, 0.2) is 0 Å². The number of benzene rings is 2. The largest absolute Gasteiger partial charge is 0.354 e. The number of hydrogen-bond acceptors (Lipinski definition) is 4. The lowest BCUT2D eigenvalue weighted by molar-refractivity contribution is -0.140. The number of nitrogens with one attached hydrogen (secondary N) is 1. The number of amides is 2. The molecule has 0 spiro atoms. The molecule has 0 aliphatic heterocycles. The molecule has 35 heavy (non-hydrogen) atoms. The summed E-state index contributed by atoms with van der Waals surface area (Å²) in [6.07, 6.45) is 1.48. The van der Waals surface area contributed by atoms with Crippen molar-refractivity contribution in [1.82, 2.24) is 10.2 Å². The van der Waals surface area contributed by atoms with E-state index in [4.69, 9.17) is 23.2 Å². The Morgan fingerprint density at radius 1 is 1.03 bits per heavy atom. The number of para-hydroxylation sites is 1. The summed E-state index contributed by atoms with van der Waals surface area (Å²) in [5.74, 6) is -0.273. The van der Waals surface area contributed by atoms with Gasteiger partial charge in [0.25, 0.3) is 0 Å². The van der Waals surface area contributed by atoms with Crippen LogP contribution < -0.4 is 9.62 Å². The highest BCUT2D eigenvalue weighted by Gasteiger charge is 2.27. The molecule has 2 rings (SSSR count). The van der Waals surface area contributed by atoms with Gasteiger partial charge < -0.3 is 10.2 Å². The van der Waals surface area contributed by atoms with E-state index in [9.17, 15) is 18.0 Å². The maximum Gasteiger partial charge on any atom is 0.242 e. The fourth-order valence-electron chi connectivity index (χ4n) is 3.47. The van der Waals surface area contributed by atoms with Gasteiger partial charge in [-0.05, 0) is 49.1 Å². The molecule has 2 amide bonds. The van der Waals surface area contributed by atoms with Crippen LogP contribution in [0.3, 0.4) is 0 Å². The molecule has 0 radical (unpaired) electrons. The van der Waals surface area contributed by atoms with Crippen LogP contribution in [-0.4, -0.2) is 50.5 Å². The zero-order chi connectivity index (χ0) is 26.2. The number of rotatable bonds is 12. The molecule has 192 valence electrons. The lowest BCUT2D eigenvalue weighted by Gasteiger charge is -2.30. The number of sulfonamides is 1. The van der Waals surface area contributed by atoms with Gasteiger partial charge in [-0.15, -0.1) is 0 Å². The second kappa shape index (κ2) is 13.1. The maximum absolute atomic E-state index is 13.3. The molecule has 0 saturated heterocycles. The van der Waals surface area contributed by atoms with Gasteiger partial charge in [0, 0.05) is 36.1 Å². The third kappa shape index (κ3) is 9.02. The summed E-state index contributed by atoms with van der Waals surface area (Å²) in [7, 11) is -3.53. The Morgan fingerprint density at radius 3 is 2.26 bits per heavy atom. The third-order valence-corrected chi connectivity index (χ3v) is 7.18. The molecular weight excluding hydrogens is 509 g/mol. The fraction of sp³-hybridized carbons (Fsp3) is 0.440. The van der Waals surface area contributed by atoms with Crippen LogP contribution in [0, 0.1) is 5.92 Å². The molecule has 0 heterocycles. The van der Waals surface area contributed by atoms with Gasteiger partial charge >= 0.3 is 0 Å². The average molecular weight is 543 g/mol. The van der Waals surface area contributed by atoms with E-state index >= 15 is 0 Å². The molecule has 7 nitrogen and oxygen atoms in total. The Labute approximate surface area is 218 Å². The number of hydrogen-bond donors (Lipinski definition) is 1.